The van der Waals surface area contributed by atoms with Crippen LogP contribution in [0.25, 0.3) is 11.1 Å². The Balaban J connectivity index is 2.21. The van der Waals surface area contributed by atoms with Gasteiger partial charge in [-0.25, -0.2) is 13.8 Å². The van der Waals surface area contributed by atoms with Crippen LogP contribution in [0.3, 0.4) is 0 Å². The molecule has 0 spiro atoms. The normalized spacial score (nSPS) is 11.3. The lowest BCUT2D eigenvalue weighted by atomic mass is 9.98. The van der Waals surface area contributed by atoms with Gasteiger partial charge in [0.2, 0.25) is 5.88 Å². The second-order valence-corrected chi connectivity index (χ2v) is 7.32. The maximum atomic E-state index is 14.3. The second kappa shape index (κ2) is 8.79. The molecule has 1 heterocycles. The molecule has 0 radical (unpaired) electrons. The first kappa shape index (κ1) is 20.6. The van der Waals surface area contributed by atoms with Gasteiger partial charge < -0.3 is 14.6 Å². The molecule has 7 heteroatoms. The van der Waals surface area contributed by atoms with Crippen molar-refractivity contribution in [3.63, 3.8) is 0 Å². The van der Waals surface area contributed by atoms with Gasteiger partial charge in [-0.05, 0) is 41.7 Å². The molecule has 1 aromatic heterocycles. The molecular weight excluding hydrogens is 356 g/mol. The van der Waals surface area contributed by atoms with Crippen molar-refractivity contribution in [2.45, 2.75) is 33.6 Å². The minimum atomic E-state index is -0.991. The van der Waals surface area contributed by atoms with E-state index in [0.717, 1.165) is 12.1 Å². The first-order valence-electron chi connectivity index (χ1n) is 8.59. The Morgan fingerprint density at radius 2 is 1.85 bits per heavy atom. The summed E-state index contributed by atoms with van der Waals surface area (Å²) >= 11 is 0. The number of pyridine rings is 1. The molecule has 0 aliphatic carbocycles. The predicted octanol–water partition coefficient (Wildman–Crippen LogP) is 4.70. The highest BCUT2D eigenvalue weighted by Crippen LogP contribution is 2.33. The molecule has 5 nitrogen and oxygen atoms in total. The van der Waals surface area contributed by atoms with E-state index in [0.29, 0.717) is 18.1 Å². The fourth-order valence-electron chi connectivity index (χ4n) is 2.26. The maximum Gasteiger partial charge on any atom is 0.303 e. The van der Waals surface area contributed by atoms with E-state index in [-0.39, 0.29) is 30.4 Å². The van der Waals surface area contributed by atoms with Crippen LogP contribution in [-0.4, -0.2) is 29.3 Å². The van der Waals surface area contributed by atoms with Crippen LogP contribution in [-0.2, 0) is 4.79 Å². The molecule has 0 aliphatic rings. The first-order chi connectivity index (χ1) is 12.7. The van der Waals surface area contributed by atoms with Crippen LogP contribution < -0.4 is 9.47 Å². The molecule has 27 heavy (non-hydrogen) atoms. The van der Waals surface area contributed by atoms with Crippen molar-refractivity contribution in [1.29, 1.82) is 0 Å². The monoisotopic (exact) mass is 379 g/mol. The molecule has 0 fully saturated rings. The molecule has 0 saturated carbocycles. The van der Waals surface area contributed by atoms with Crippen molar-refractivity contribution in [3.8, 4) is 22.8 Å². The molecule has 0 unspecified atom stereocenters. The number of carboxylic acid groups (broad SMARTS) is 1. The Morgan fingerprint density at radius 1 is 1.19 bits per heavy atom. The molecule has 0 aliphatic heterocycles. The summed E-state index contributed by atoms with van der Waals surface area (Å²) in [5, 5.41) is 8.58. The van der Waals surface area contributed by atoms with Crippen LogP contribution in [0.15, 0.2) is 30.5 Å². The number of rotatable bonds is 8. The largest absolute Gasteiger partial charge is 0.488 e. The van der Waals surface area contributed by atoms with Gasteiger partial charge in [-0.1, -0.05) is 20.8 Å². The third kappa shape index (κ3) is 6.20. The third-order valence-electron chi connectivity index (χ3n) is 3.50. The lowest BCUT2D eigenvalue weighted by Gasteiger charge is -2.19. The van der Waals surface area contributed by atoms with Gasteiger partial charge in [0.15, 0.2) is 17.4 Å². The maximum absolute atomic E-state index is 14.3. The van der Waals surface area contributed by atoms with Crippen molar-refractivity contribution in [2.24, 2.45) is 5.41 Å². The first-order valence-corrected chi connectivity index (χ1v) is 8.59. The van der Waals surface area contributed by atoms with Gasteiger partial charge in [0, 0.05) is 18.2 Å². The van der Waals surface area contributed by atoms with Gasteiger partial charge in [0.1, 0.15) is 0 Å². The summed E-state index contributed by atoms with van der Waals surface area (Å²) in [5.74, 6) is -2.96. The van der Waals surface area contributed by atoms with Crippen LogP contribution in [0, 0.1) is 17.0 Å². The average Bonchev–Trinajstić information content (AvgIpc) is 2.58. The van der Waals surface area contributed by atoms with Crippen molar-refractivity contribution in [3.05, 3.63) is 42.1 Å². The molecule has 0 amide bonds. The standard InChI is InChI=1S/C20H23F2NO4/c1-20(2,3)12-27-19-14(6-4-8-23-19)13-10-15(21)18(16(22)11-13)26-9-5-7-17(24)25/h4,6,8,10-11H,5,7,9,12H2,1-3H3,(H,24,25). The summed E-state index contributed by atoms with van der Waals surface area (Å²) < 4.78 is 39.5. The summed E-state index contributed by atoms with van der Waals surface area (Å²) in [6.45, 7) is 6.32. The number of aromatic nitrogens is 1. The van der Waals surface area contributed by atoms with E-state index in [1.54, 1.807) is 18.3 Å². The number of hydrogen-bond acceptors (Lipinski definition) is 4. The highest BCUT2D eigenvalue weighted by molar-refractivity contribution is 5.69. The summed E-state index contributed by atoms with van der Waals surface area (Å²) in [5.41, 5.74) is 0.649. The van der Waals surface area contributed by atoms with E-state index < -0.39 is 23.4 Å². The van der Waals surface area contributed by atoms with Gasteiger partial charge in [-0.3, -0.25) is 4.79 Å². The number of hydrogen-bond donors (Lipinski definition) is 1. The number of benzene rings is 1. The average molecular weight is 379 g/mol. The van der Waals surface area contributed by atoms with Crippen LogP contribution in [0.5, 0.6) is 11.6 Å². The molecule has 2 rings (SSSR count). The van der Waals surface area contributed by atoms with Gasteiger partial charge in [0.25, 0.3) is 0 Å². The van der Waals surface area contributed by atoms with E-state index in [1.807, 2.05) is 20.8 Å². The molecule has 1 aromatic carbocycles. The highest BCUT2D eigenvalue weighted by atomic mass is 19.1. The van der Waals surface area contributed by atoms with Crippen molar-refractivity contribution >= 4 is 5.97 Å². The lowest BCUT2D eigenvalue weighted by Crippen LogP contribution is -2.17. The second-order valence-electron chi connectivity index (χ2n) is 7.32. The van der Waals surface area contributed by atoms with E-state index >= 15 is 0 Å². The van der Waals surface area contributed by atoms with Crippen LogP contribution in [0.2, 0.25) is 0 Å². The van der Waals surface area contributed by atoms with Crippen molar-refractivity contribution in [2.75, 3.05) is 13.2 Å². The molecule has 146 valence electrons. The molecule has 0 saturated heterocycles. The Bertz CT molecular complexity index is 780. The van der Waals surface area contributed by atoms with Crippen molar-refractivity contribution in [1.82, 2.24) is 4.98 Å². The van der Waals surface area contributed by atoms with Gasteiger partial charge >= 0.3 is 5.97 Å². The Morgan fingerprint density at radius 3 is 2.44 bits per heavy atom. The van der Waals surface area contributed by atoms with E-state index in [9.17, 15) is 13.6 Å². The van der Waals surface area contributed by atoms with E-state index in [1.165, 1.54) is 0 Å². The van der Waals surface area contributed by atoms with E-state index in [4.69, 9.17) is 14.6 Å². The van der Waals surface area contributed by atoms with Crippen LogP contribution >= 0.6 is 0 Å². The van der Waals surface area contributed by atoms with Gasteiger partial charge in [0.05, 0.1) is 13.2 Å². The zero-order valence-electron chi connectivity index (χ0n) is 15.6. The smallest absolute Gasteiger partial charge is 0.303 e. The number of nitrogens with zero attached hydrogens (tertiary/aromatic N) is 1. The molecule has 0 bridgehead atoms. The Kier molecular flexibility index (Phi) is 6.71. The number of ether oxygens (including phenoxy) is 2. The van der Waals surface area contributed by atoms with Crippen LogP contribution in [0.1, 0.15) is 33.6 Å². The molecule has 1 N–H and O–H groups in total. The predicted molar refractivity (Wildman–Crippen MR) is 96.9 cm³/mol. The van der Waals surface area contributed by atoms with Gasteiger partial charge in [-0.15, -0.1) is 0 Å². The van der Waals surface area contributed by atoms with Crippen LogP contribution in [0.4, 0.5) is 8.78 Å². The van der Waals surface area contributed by atoms with Gasteiger partial charge in [-0.2, -0.15) is 0 Å². The van der Waals surface area contributed by atoms with Crippen molar-refractivity contribution < 1.29 is 28.2 Å². The zero-order chi connectivity index (χ0) is 20.0. The number of carboxylic acids is 1. The quantitative estimate of drug-likeness (QED) is 0.674. The topological polar surface area (TPSA) is 68.7 Å². The molecule has 0 atom stereocenters. The molecule has 2 aromatic rings. The summed E-state index contributed by atoms with van der Waals surface area (Å²) in [6.07, 6.45) is 1.57. The SMILES string of the molecule is CC(C)(C)COc1ncccc1-c1cc(F)c(OCCCC(=O)O)c(F)c1. The summed E-state index contributed by atoms with van der Waals surface area (Å²) in [4.78, 5) is 14.6. The fraction of sp³-hybridized carbons (Fsp3) is 0.400. The Labute approximate surface area is 157 Å². The summed E-state index contributed by atoms with van der Waals surface area (Å²) in [6, 6.07) is 5.63. The number of aliphatic carboxylic acids is 1. The fourth-order valence-corrected chi connectivity index (χ4v) is 2.26. The minimum Gasteiger partial charge on any atom is -0.488 e. The highest BCUT2D eigenvalue weighted by Gasteiger charge is 2.18. The Hall–Kier alpha value is -2.70. The number of halogens is 2. The minimum absolute atomic E-state index is 0.0909. The summed E-state index contributed by atoms with van der Waals surface area (Å²) in [7, 11) is 0. The van der Waals surface area contributed by atoms with E-state index in [2.05, 4.69) is 4.98 Å². The zero-order valence-corrected chi connectivity index (χ0v) is 15.6. The molecular formula is C20H23F2NO4. The number of carbonyl (C=O) groups is 1. The third-order valence-corrected chi connectivity index (χ3v) is 3.50. The lowest BCUT2D eigenvalue weighted by molar-refractivity contribution is -0.137.